The molecule has 170 valence electrons. The van der Waals surface area contributed by atoms with E-state index >= 15 is 0 Å². The minimum absolute atomic E-state index is 0.405. The lowest BCUT2D eigenvalue weighted by Gasteiger charge is -2.32. The average molecular weight is 445 g/mol. The summed E-state index contributed by atoms with van der Waals surface area (Å²) >= 11 is 0. The molecular formula is C27H28N2O4. The molecule has 0 saturated carbocycles. The maximum atomic E-state index is 12.8. The largest absolute Gasteiger partial charge is 0.456 e. The molecule has 33 heavy (non-hydrogen) atoms. The number of rotatable bonds is 5. The SMILES string of the molecule is CN(C)c1ccc(C2(Nc3cccc(C(=O)OC(C)(C)C)c3)OC(=O)c3ccccc32)cc1. The van der Waals surface area contributed by atoms with Crippen LogP contribution >= 0.6 is 0 Å². The van der Waals surface area contributed by atoms with Crippen LogP contribution in [0.3, 0.4) is 0 Å². The number of hydrogen-bond acceptors (Lipinski definition) is 6. The molecule has 0 amide bonds. The molecule has 3 aromatic rings. The van der Waals surface area contributed by atoms with Gasteiger partial charge in [-0.1, -0.05) is 36.4 Å². The Morgan fingerprint density at radius 2 is 1.67 bits per heavy atom. The van der Waals surface area contributed by atoms with Gasteiger partial charge in [0.25, 0.3) is 0 Å². The van der Waals surface area contributed by atoms with Crippen LogP contribution in [0, 0.1) is 0 Å². The predicted molar refractivity (Wildman–Crippen MR) is 129 cm³/mol. The highest BCUT2D eigenvalue weighted by Gasteiger charge is 2.47. The number of ether oxygens (including phenoxy) is 2. The van der Waals surface area contributed by atoms with Crippen LogP contribution in [-0.2, 0) is 15.2 Å². The zero-order valence-corrected chi connectivity index (χ0v) is 19.5. The van der Waals surface area contributed by atoms with Crippen molar-refractivity contribution in [3.05, 3.63) is 95.1 Å². The standard InChI is InChI=1S/C27H28N2O4/c1-26(2,3)32-24(30)18-9-8-10-20(17-18)28-27(19-13-15-21(16-14-19)29(4)5)23-12-7-6-11-22(23)25(31)33-27/h6-17,28H,1-5H3. The van der Waals surface area contributed by atoms with Crippen LogP contribution in [0.1, 0.15) is 52.6 Å². The molecule has 0 fully saturated rings. The molecule has 0 radical (unpaired) electrons. The second-order valence-corrected chi connectivity index (χ2v) is 9.27. The summed E-state index contributed by atoms with van der Waals surface area (Å²) in [7, 11) is 3.94. The van der Waals surface area contributed by atoms with E-state index in [2.05, 4.69) is 5.32 Å². The lowest BCUT2D eigenvalue weighted by Crippen LogP contribution is -2.37. The lowest BCUT2D eigenvalue weighted by molar-refractivity contribution is 0.00679. The maximum absolute atomic E-state index is 12.8. The third-order valence-corrected chi connectivity index (χ3v) is 5.38. The van der Waals surface area contributed by atoms with Gasteiger partial charge in [-0.05, 0) is 57.2 Å². The Bertz CT molecular complexity index is 1200. The molecule has 0 bridgehead atoms. The average Bonchev–Trinajstić information content (AvgIpc) is 3.05. The van der Waals surface area contributed by atoms with E-state index in [1.165, 1.54) is 0 Å². The van der Waals surface area contributed by atoms with Crippen molar-refractivity contribution in [1.82, 2.24) is 0 Å². The second kappa shape index (κ2) is 8.28. The fraction of sp³-hybridized carbons (Fsp3) is 0.259. The minimum atomic E-state index is -1.23. The fourth-order valence-corrected chi connectivity index (χ4v) is 3.86. The molecule has 3 aromatic carbocycles. The zero-order chi connectivity index (χ0) is 23.8. The van der Waals surface area contributed by atoms with Gasteiger partial charge >= 0.3 is 11.9 Å². The third kappa shape index (κ3) is 4.42. The Hall–Kier alpha value is -3.80. The van der Waals surface area contributed by atoms with Gasteiger partial charge in [-0.25, -0.2) is 9.59 Å². The van der Waals surface area contributed by atoms with Crippen molar-refractivity contribution in [1.29, 1.82) is 0 Å². The molecule has 4 rings (SSSR count). The van der Waals surface area contributed by atoms with Gasteiger partial charge in [0.2, 0.25) is 5.72 Å². The number of fused-ring (bicyclic) bond motifs is 1. The Morgan fingerprint density at radius 3 is 2.33 bits per heavy atom. The highest BCUT2D eigenvalue weighted by atomic mass is 16.6. The first-order valence-electron chi connectivity index (χ1n) is 10.8. The number of benzene rings is 3. The Labute approximate surface area is 194 Å². The molecule has 0 spiro atoms. The molecule has 1 N–H and O–H groups in total. The number of nitrogens with zero attached hydrogens (tertiary/aromatic N) is 1. The van der Waals surface area contributed by atoms with Crippen LogP contribution in [0.4, 0.5) is 11.4 Å². The van der Waals surface area contributed by atoms with E-state index in [4.69, 9.17) is 9.47 Å². The number of anilines is 2. The quantitative estimate of drug-likeness (QED) is 0.546. The van der Waals surface area contributed by atoms with Gasteiger partial charge in [-0.15, -0.1) is 0 Å². The molecular weight excluding hydrogens is 416 g/mol. The first-order chi connectivity index (χ1) is 15.6. The number of nitrogens with one attached hydrogen (secondary N) is 1. The van der Waals surface area contributed by atoms with Crippen LogP contribution in [0.15, 0.2) is 72.8 Å². The Morgan fingerprint density at radius 1 is 0.970 bits per heavy atom. The number of cyclic esters (lactones) is 1. The highest BCUT2D eigenvalue weighted by molar-refractivity contribution is 5.96. The molecule has 0 saturated heterocycles. The van der Waals surface area contributed by atoms with Crippen molar-refractivity contribution >= 4 is 23.3 Å². The Kier molecular flexibility index (Phi) is 5.62. The topological polar surface area (TPSA) is 67.9 Å². The minimum Gasteiger partial charge on any atom is -0.456 e. The lowest BCUT2D eigenvalue weighted by atomic mass is 9.92. The van der Waals surface area contributed by atoms with Crippen LogP contribution < -0.4 is 10.2 Å². The van der Waals surface area contributed by atoms with E-state index in [-0.39, 0.29) is 0 Å². The summed E-state index contributed by atoms with van der Waals surface area (Å²) in [4.78, 5) is 27.4. The molecule has 1 atom stereocenters. The van der Waals surface area contributed by atoms with Crippen molar-refractivity contribution < 1.29 is 19.1 Å². The first kappa shape index (κ1) is 22.4. The summed E-state index contributed by atoms with van der Waals surface area (Å²) in [5, 5.41) is 3.40. The molecule has 6 nitrogen and oxygen atoms in total. The highest BCUT2D eigenvalue weighted by Crippen LogP contribution is 2.43. The zero-order valence-electron chi connectivity index (χ0n) is 19.5. The van der Waals surface area contributed by atoms with Gasteiger partial charge in [-0.2, -0.15) is 0 Å². The number of carbonyl (C=O) groups excluding carboxylic acids is 2. The number of carbonyl (C=O) groups is 2. The molecule has 0 aromatic heterocycles. The van der Waals surface area contributed by atoms with Crippen molar-refractivity contribution in [3.8, 4) is 0 Å². The van der Waals surface area contributed by atoms with E-state index in [9.17, 15) is 9.59 Å². The van der Waals surface area contributed by atoms with Crippen LogP contribution in [0.25, 0.3) is 0 Å². The second-order valence-electron chi connectivity index (χ2n) is 9.27. The predicted octanol–water partition coefficient (Wildman–Crippen LogP) is 5.19. The molecule has 1 aliphatic rings. The fourth-order valence-electron chi connectivity index (χ4n) is 3.86. The smallest absolute Gasteiger partial charge is 0.341 e. The molecule has 1 aliphatic heterocycles. The van der Waals surface area contributed by atoms with Gasteiger partial charge in [0.15, 0.2) is 0 Å². The first-order valence-corrected chi connectivity index (χ1v) is 10.8. The number of esters is 2. The summed E-state index contributed by atoms with van der Waals surface area (Å²) < 4.78 is 11.5. The van der Waals surface area contributed by atoms with E-state index in [1.54, 1.807) is 24.3 Å². The van der Waals surface area contributed by atoms with E-state index in [0.29, 0.717) is 16.8 Å². The molecule has 1 heterocycles. The summed E-state index contributed by atoms with van der Waals surface area (Å²) in [6.07, 6.45) is 0. The monoisotopic (exact) mass is 444 g/mol. The van der Waals surface area contributed by atoms with E-state index in [1.807, 2.05) is 88.3 Å². The van der Waals surface area contributed by atoms with Crippen molar-refractivity contribution in [2.24, 2.45) is 0 Å². The van der Waals surface area contributed by atoms with Gasteiger partial charge in [0.05, 0.1) is 11.1 Å². The van der Waals surface area contributed by atoms with Crippen LogP contribution in [-0.4, -0.2) is 31.6 Å². The molecule has 6 heteroatoms. The van der Waals surface area contributed by atoms with Gasteiger partial charge in [0, 0.05) is 36.6 Å². The van der Waals surface area contributed by atoms with Crippen LogP contribution in [0.2, 0.25) is 0 Å². The summed E-state index contributed by atoms with van der Waals surface area (Å²) in [5.74, 6) is -0.822. The number of hydrogen-bond donors (Lipinski definition) is 1. The van der Waals surface area contributed by atoms with Crippen LogP contribution in [0.5, 0.6) is 0 Å². The van der Waals surface area contributed by atoms with Crippen molar-refractivity contribution in [2.75, 3.05) is 24.3 Å². The normalized spacial score (nSPS) is 17.2. The molecule has 0 aliphatic carbocycles. The van der Waals surface area contributed by atoms with Crippen molar-refractivity contribution in [3.63, 3.8) is 0 Å². The van der Waals surface area contributed by atoms with E-state index < -0.39 is 23.3 Å². The Balaban J connectivity index is 1.78. The van der Waals surface area contributed by atoms with Gasteiger partial charge in [-0.3, -0.25) is 0 Å². The van der Waals surface area contributed by atoms with E-state index in [0.717, 1.165) is 16.8 Å². The van der Waals surface area contributed by atoms with Gasteiger partial charge < -0.3 is 19.7 Å². The maximum Gasteiger partial charge on any atom is 0.341 e. The van der Waals surface area contributed by atoms with Crippen molar-refractivity contribution in [2.45, 2.75) is 32.1 Å². The van der Waals surface area contributed by atoms with Gasteiger partial charge in [0.1, 0.15) is 5.60 Å². The summed E-state index contributed by atoms with van der Waals surface area (Å²) in [5.41, 5.74) is 2.22. The third-order valence-electron chi connectivity index (χ3n) is 5.38. The molecule has 1 unspecified atom stereocenters. The summed E-state index contributed by atoms with van der Waals surface area (Å²) in [6, 6.07) is 22.2. The summed E-state index contributed by atoms with van der Waals surface area (Å²) in [6.45, 7) is 5.48.